The number of carbonyl (C=O) groups is 1. The molecule has 0 aliphatic rings. The molecule has 0 atom stereocenters. The minimum absolute atomic E-state index is 0.142. The van der Waals surface area contributed by atoms with Crippen LogP contribution in [0, 0.1) is 0 Å². The van der Waals surface area contributed by atoms with Crippen molar-refractivity contribution in [2.45, 2.75) is 0 Å². The number of halogens is 1. The summed E-state index contributed by atoms with van der Waals surface area (Å²) in [6, 6.07) is 7.30. The van der Waals surface area contributed by atoms with E-state index in [9.17, 15) is 4.79 Å². The summed E-state index contributed by atoms with van der Waals surface area (Å²) in [6.45, 7) is 1.02. The Hall–Kier alpha value is -1.32. The van der Waals surface area contributed by atoms with E-state index in [0.29, 0.717) is 18.2 Å². The zero-order valence-corrected chi connectivity index (χ0v) is 9.83. The Bertz CT molecular complexity index is 377. The number of amides is 1. The molecule has 0 saturated heterocycles. The van der Waals surface area contributed by atoms with Crippen LogP contribution in [0.3, 0.4) is 0 Å². The van der Waals surface area contributed by atoms with Gasteiger partial charge in [-0.2, -0.15) is 0 Å². The summed E-state index contributed by atoms with van der Waals surface area (Å²) in [6.07, 6.45) is 3.19. The average molecular weight is 240 g/mol. The van der Waals surface area contributed by atoms with E-state index < -0.39 is 0 Å². The second kappa shape index (κ2) is 7.04. The van der Waals surface area contributed by atoms with Gasteiger partial charge in [-0.3, -0.25) is 4.79 Å². The predicted molar refractivity (Wildman–Crippen MR) is 65.4 cm³/mol. The third-order valence-corrected chi connectivity index (χ3v) is 2.12. The fourth-order valence-corrected chi connectivity index (χ4v) is 1.32. The number of nitrogens with one attached hydrogen (secondary N) is 1. The van der Waals surface area contributed by atoms with Crippen molar-refractivity contribution in [1.82, 2.24) is 5.32 Å². The van der Waals surface area contributed by atoms with Crippen molar-refractivity contribution < 1.29 is 9.53 Å². The van der Waals surface area contributed by atoms with Gasteiger partial charge in [0, 0.05) is 24.8 Å². The van der Waals surface area contributed by atoms with Crippen LogP contribution in [-0.4, -0.2) is 26.2 Å². The van der Waals surface area contributed by atoms with Crippen LogP contribution in [0.15, 0.2) is 30.3 Å². The van der Waals surface area contributed by atoms with Gasteiger partial charge in [-0.05, 0) is 23.8 Å². The van der Waals surface area contributed by atoms with E-state index in [1.807, 2.05) is 12.1 Å². The highest BCUT2D eigenvalue weighted by Crippen LogP contribution is 2.11. The van der Waals surface area contributed by atoms with Crippen LogP contribution in [0.25, 0.3) is 6.08 Å². The smallest absolute Gasteiger partial charge is 0.244 e. The first-order chi connectivity index (χ1) is 7.72. The number of methoxy groups -OCH3 is 1. The van der Waals surface area contributed by atoms with Crippen LogP contribution < -0.4 is 5.32 Å². The van der Waals surface area contributed by atoms with E-state index in [0.717, 1.165) is 5.56 Å². The molecular formula is C12H14ClNO2. The van der Waals surface area contributed by atoms with Crippen molar-refractivity contribution in [1.29, 1.82) is 0 Å². The summed E-state index contributed by atoms with van der Waals surface area (Å²) in [5.41, 5.74) is 0.898. The van der Waals surface area contributed by atoms with Crippen molar-refractivity contribution >= 4 is 23.6 Å². The van der Waals surface area contributed by atoms with Gasteiger partial charge in [0.05, 0.1) is 6.61 Å². The van der Waals surface area contributed by atoms with E-state index in [4.69, 9.17) is 16.3 Å². The first-order valence-corrected chi connectivity index (χ1v) is 5.30. The normalized spacial score (nSPS) is 10.6. The highest BCUT2D eigenvalue weighted by Gasteiger charge is 1.94. The molecule has 1 rings (SSSR count). The standard InChI is InChI=1S/C12H14ClNO2/c1-16-8-7-14-12(15)6-5-10-3-2-4-11(13)9-10/h2-6,9H,7-8H2,1H3,(H,14,15). The fourth-order valence-electron chi connectivity index (χ4n) is 1.12. The molecule has 4 heteroatoms. The fraction of sp³-hybridized carbons (Fsp3) is 0.250. The van der Waals surface area contributed by atoms with E-state index in [1.54, 1.807) is 25.3 Å². The zero-order chi connectivity index (χ0) is 11.8. The summed E-state index contributed by atoms with van der Waals surface area (Å²) in [4.78, 5) is 11.3. The molecule has 0 bridgehead atoms. The Labute approximate surface area is 100 Å². The van der Waals surface area contributed by atoms with Gasteiger partial charge < -0.3 is 10.1 Å². The minimum Gasteiger partial charge on any atom is -0.383 e. The number of hydrogen-bond acceptors (Lipinski definition) is 2. The largest absolute Gasteiger partial charge is 0.383 e. The van der Waals surface area contributed by atoms with Gasteiger partial charge >= 0.3 is 0 Å². The lowest BCUT2D eigenvalue weighted by molar-refractivity contribution is -0.116. The third kappa shape index (κ3) is 4.96. The molecule has 0 heterocycles. The van der Waals surface area contributed by atoms with Gasteiger partial charge in [-0.1, -0.05) is 23.7 Å². The molecule has 0 aliphatic carbocycles. The van der Waals surface area contributed by atoms with Crippen LogP contribution in [-0.2, 0) is 9.53 Å². The quantitative estimate of drug-likeness (QED) is 0.631. The molecule has 0 unspecified atom stereocenters. The van der Waals surface area contributed by atoms with E-state index >= 15 is 0 Å². The molecule has 0 aliphatic heterocycles. The molecule has 86 valence electrons. The maximum Gasteiger partial charge on any atom is 0.244 e. The van der Waals surface area contributed by atoms with Gasteiger partial charge in [-0.25, -0.2) is 0 Å². The van der Waals surface area contributed by atoms with Crippen LogP contribution in [0.2, 0.25) is 5.02 Å². The molecule has 1 amide bonds. The Balaban J connectivity index is 2.44. The Kier molecular flexibility index (Phi) is 5.61. The topological polar surface area (TPSA) is 38.3 Å². The molecular weight excluding hydrogens is 226 g/mol. The number of hydrogen-bond donors (Lipinski definition) is 1. The van der Waals surface area contributed by atoms with Crippen LogP contribution in [0.4, 0.5) is 0 Å². The Morgan fingerprint density at radius 2 is 2.38 bits per heavy atom. The average Bonchev–Trinajstić information content (AvgIpc) is 2.27. The second-order valence-corrected chi connectivity index (χ2v) is 3.61. The maximum absolute atomic E-state index is 11.3. The Morgan fingerprint density at radius 3 is 3.06 bits per heavy atom. The summed E-state index contributed by atoms with van der Waals surface area (Å²) in [5, 5.41) is 3.34. The van der Waals surface area contributed by atoms with Gasteiger partial charge in [0.25, 0.3) is 0 Å². The number of ether oxygens (including phenoxy) is 1. The van der Waals surface area contributed by atoms with Crippen LogP contribution in [0.1, 0.15) is 5.56 Å². The van der Waals surface area contributed by atoms with Gasteiger partial charge in [0.1, 0.15) is 0 Å². The SMILES string of the molecule is COCCNC(=O)C=Cc1cccc(Cl)c1. The summed E-state index contributed by atoms with van der Waals surface area (Å²) in [7, 11) is 1.59. The molecule has 3 nitrogen and oxygen atoms in total. The molecule has 0 spiro atoms. The number of carbonyl (C=O) groups excluding carboxylic acids is 1. The first-order valence-electron chi connectivity index (χ1n) is 4.93. The molecule has 0 saturated carbocycles. The van der Waals surface area contributed by atoms with Crippen molar-refractivity contribution in [2.24, 2.45) is 0 Å². The third-order valence-electron chi connectivity index (χ3n) is 1.88. The van der Waals surface area contributed by atoms with Crippen molar-refractivity contribution in [3.05, 3.63) is 40.9 Å². The molecule has 0 aromatic heterocycles. The van der Waals surface area contributed by atoms with Crippen molar-refractivity contribution in [2.75, 3.05) is 20.3 Å². The molecule has 1 aromatic carbocycles. The van der Waals surface area contributed by atoms with Gasteiger partial charge in [-0.15, -0.1) is 0 Å². The molecule has 16 heavy (non-hydrogen) atoms. The maximum atomic E-state index is 11.3. The van der Waals surface area contributed by atoms with Gasteiger partial charge in [0.2, 0.25) is 5.91 Å². The minimum atomic E-state index is -0.142. The molecule has 1 aromatic rings. The lowest BCUT2D eigenvalue weighted by atomic mass is 10.2. The highest BCUT2D eigenvalue weighted by molar-refractivity contribution is 6.30. The number of benzene rings is 1. The highest BCUT2D eigenvalue weighted by atomic mass is 35.5. The second-order valence-electron chi connectivity index (χ2n) is 3.17. The summed E-state index contributed by atoms with van der Waals surface area (Å²) < 4.78 is 4.81. The van der Waals surface area contributed by atoms with Crippen LogP contribution >= 0.6 is 11.6 Å². The van der Waals surface area contributed by atoms with E-state index in [-0.39, 0.29) is 5.91 Å². The van der Waals surface area contributed by atoms with E-state index in [2.05, 4.69) is 5.32 Å². The molecule has 0 radical (unpaired) electrons. The van der Waals surface area contributed by atoms with Crippen molar-refractivity contribution in [3.8, 4) is 0 Å². The monoisotopic (exact) mass is 239 g/mol. The summed E-state index contributed by atoms with van der Waals surface area (Å²) in [5.74, 6) is -0.142. The molecule has 1 N–H and O–H groups in total. The predicted octanol–water partition coefficient (Wildman–Crippen LogP) is 2.12. The van der Waals surface area contributed by atoms with Crippen molar-refractivity contribution in [3.63, 3.8) is 0 Å². The molecule has 0 fully saturated rings. The lowest BCUT2D eigenvalue weighted by Crippen LogP contribution is -2.24. The zero-order valence-electron chi connectivity index (χ0n) is 9.07. The first kappa shape index (κ1) is 12.7. The van der Waals surface area contributed by atoms with Crippen LogP contribution in [0.5, 0.6) is 0 Å². The summed E-state index contributed by atoms with van der Waals surface area (Å²) >= 11 is 5.81. The number of rotatable bonds is 5. The van der Waals surface area contributed by atoms with Gasteiger partial charge in [0.15, 0.2) is 0 Å². The lowest BCUT2D eigenvalue weighted by Gasteiger charge is -1.99. The van der Waals surface area contributed by atoms with E-state index in [1.165, 1.54) is 6.08 Å². The Morgan fingerprint density at radius 1 is 1.56 bits per heavy atom.